The number of nitrogens with zero attached hydrogens (tertiary/aromatic N) is 4. The topological polar surface area (TPSA) is 91.9 Å². The first-order valence-electron chi connectivity index (χ1n) is 4.09. The van der Waals surface area contributed by atoms with Crippen LogP contribution < -0.4 is 0 Å². The van der Waals surface area contributed by atoms with Crippen molar-refractivity contribution >= 4 is 17.3 Å². The molecule has 1 aromatic rings. The molecule has 6 nitrogen and oxygen atoms in total. The molecule has 1 rings (SSSR count). The highest BCUT2D eigenvalue weighted by Crippen LogP contribution is 2.25. The number of rotatable bonds is 4. The van der Waals surface area contributed by atoms with Crippen LogP contribution in [0.3, 0.4) is 0 Å². The van der Waals surface area contributed by atoms with Crippen molar-refractivity contribution in [2.24, 2.45) is 5.11 Å². The van der Waals surface area contributed by atoms with Gasteiger partial charge in [-0.1, -0.05) is 22.8 Å². The van der Waals surface area contributed by atoms with Crippen molar-refractivity contribution < 1.29 is 4.92 Å². The van der Waals surface area contributed by atoms with Gasteiger partial charge in [-0.15, -0.1) is 0 Å². The molecule has 0 aliphatic rings. The van der Waals surface area contributed by atoms with Crippen LogP contribution in [0.25, 0.3) is 10.4 Å². The van der Waals surface area contributed by atoms with Gasteiger partial charge < -0.3 is 0 Å². The maximum Gasteiger partial charge on any atom is 0.287 e. The first kappa shape index (κ1) is 11.3. The Morgan fingerprint density at radius 2 is 2.33 bits per heavy atom. The van der Waals surface area contributed by atoms with E-state index in [4.69, 9.17) is 17.1 Å². The molecule has 0 saturated carbocycles. The van der Waals surface area contributed by atoms with E-state index in [2.05, 4.69) is 10.0 Å². The van der Waals surface area contributed by atoms with Crippen molar-refractivity contribution in [3.8, 4) is 0 Å². The minimum atomic E-state index is -0.542. The molecular formula is C8H7ClN4O2. The van der Waals surface area contributed by atoms with Crippen molar-refractivity contribution in [1.29, 1.82) is 0 Å². The Morgan fingerprint density at radius 1 is 1.60 bits per heavy atom. The van der Waals surface area contributed by atoms with E-state index in [1.165, 1.54) is 12.1 Å². The second-order valence-electron chi connectivity index (χ2n) is 2.75. The van der Waals surface area contributed by atoms with Gasteiger partial charge in [0.05, 0.1) is 4.92 Å². The number of nitro benzene ring substituents is 1. The van der Waals surface area contributed by atoms with Crippen molar-refractivity contribution in [3.05, 3.63) is 49.3 Å². The second-order valence-corrected chi connectivity index (χ2v) is 3.15. The number of hydrogen-bond donors (Lipinski definition) is 0. The maximum atomic E-state index is 10.4. The van der Waals surface area contributed by atoms with Gasteiger partial charge >= 0.3 is 0 Å². The van der Waals surface area contributed by atoms with Crippen molar-refractivity contribution in [3.63, 3.8) is 0 Å². The van der Waals surface area contributed by atoms with Gasteiger partial charge in [0, 0.05) is 17.5 Å². The average Bonchev–Trinajstić information content (AvgIpc) is 2.17. The first-order chi connectivity index (χ1) is 7.15. The van der Waals surface area contributed by atoms with Crippen LogP contribution in [-0.2, 0) is 6.42 Å². The van der Waals surface area contributed by atoms with Crippen molar-refractivity contribution in [2.45, 2.75) is 6.42 Å². The number of nitro groups is 1. The van der Waals surface area contributed by atoms with E-state index in [0.717, 1.165) is 5.56 Å². The highest BCUT2D eigenvalue weighted by Gasteiger charge is 2.11. The summed E-state index contributed by atoms with van der Waals surface area (Å²) in [5.74, 6) is 0. The molecule has 7 heteroatoms. The molecule has 0 unspecified atom stereocenters. The number of hydrogen-bond acceptors (Lipinski definition) is 3. The van der Waals surface area contributed by atoms with E-state index >= 15 is 0 Å². The Labute approximate surface area is 90.3 Å². The average molecular weight is 227 g/mol. The van der Waals surface area contributed by atoms with Gasteiger partial charge in [-0.25, -0.2) is 0 Å². The summed E-state index contributed by atoms with van der Waals surface area (Å²) in [6, 6.07) is 4.44. The van der Waals surface area contributed by atoms with Crippen molar-refractivity contribution in [1.82, 2.24) is 0 Å². The van der Waals surface area contributed by atoms with Gasteiger partial charge in [0.25, 0.3) is 5.69 Å². The predicted octanol–water partition coefficient (Wildman–Crippen LogP) is 3.10. The summed E-state index contributed by atoms with van der Waals surface area (Å²) < 4.78 is 0. The van der Waals surface area contributed by atoms with Gasteiger partial charge in [0.2, 0.25) is 0 Å². The minimum absolute atomic E-state index is 0.0958. The molecule has 0 bridgehead atoms. The Kier molecular flexibility index (Phi) is 3.91. The molecule has 0 aliphatic carbocycles. The lowest BCUT2D eigenvalue weighted by Gasteiger charge is -1.99. The fourth-order valence-corrected chi connectivity index (χ4v) is 1.35. The molecule has 0 atom stereocenters. The fraction of sp³-hybridized carbons (Fsp3) is 0.250. The number of azide groups is 1. The van der Waals surface area contributed by atoms with E-state index in [9.17, 15) is 10.1 Å². The van der Waals surface area contributed by atoms with Crippen LogP contribution in [0, 0.1) is 10.1 Å². The zero-order valence-corrected chi connectivity index (χ0v) is 8.39. The van der Waals surface area contributed by atoms with E-state index in [1.54, 1.807) is 6.07 Å². The van der Waals surface area contributed by atoms with E-state index in [-0.39, 0.29) is 10.7 Å². The third-order valence-electron chi connectivity index (χ3n) is 1.77. The van der Waals surface area contributed by atoms with Crippen LogP contribution in [0.4, 0.5) is 5.69 Å². The summed E-state index contributed by atoms with van der Waals surface area (Å²) in [5.41, 5.74) is 8.74. The van der Waals surface area contributed by atoms with Crippen LogP contribution in [0.15, 0.2) is 23.3 Å². The van der Waals surface area contributed by atoms with E-state index in [1.807, 2.05) is 0 Å². The van der Waals surface area contributed by atoms with Crippen LogP contribution in [0.1, 0.15) is 5.56 Å². The first-order valence-corrected chi connectivity index (χ1v) is 4.46. The Hall–Kier alpha value is -1.78. The van der Waals surface area contributed by atoms with Gasteiger partial charge in [-0.2, -0.15) is 0 Å². The zero-order chi connectivity index (χ0) is 11.3. The molecule has 0 aromatic heterocycles. The van der Waals surface area contributed by atoms with Crippen molar-refractivity contribution in [2.75, 3.05) is 6.54 Å². The van der Waals surface area contributed by atoms with Crippen LogP contribution in [0.2, 0.25) is 5.02 Å². The summed E-state index contributed by atoms with van der Waals surface area (Å²) in [5, 5.41) is 13.9. The lowest BCUT2D eigenvalue weighted by atomic mass is 10.1. The number of benzene rings is 1. The highest BCUT2D eigenvalue weighted by molar-refractivity contribution is 6.32. The monoisotopic (exact) mass is 226 g/mol. The Balaban J connectivity index is 2.82. The molecule has 78 valence electrons. The highest BCUT2D eigenvalue weighted by atomic mass is 35.5. The second kappa shape index (κ2) is 5.19. The normalized spacial score (nSPS) is 9.40. The molecule has 0 N–H and O–H groups in total. The molecular weight excluding hydrogens is 220 g/mol. The van der Waals surface area contributed by atoms with Gasteiger partial charge in [-0.3, -0.25) is 10.1 Å². The van der Waals surface area contributed by atoms with Gasteiger partial charge in [-0.05, 0) is 23.6 Å². The Morgan fingerprint density at radius 3 is 2.87 bits per heavy atom. The largest absolute Gasteiger partial charge is 0.287 e. The summed E-state index contributed by atoms with van der Waals surface area (Å²) >= 11 is 5.69. The molecule has 0 radical (unpaired) electrons. The standard InChI is InChI=1S/C8H7ClN4O2/c9-7-5-6(3-4-11-12-10)1-2-8(7)13(14)15/h1-2,5H,3-4H2. The lowest BCUT2D eigenvalue weighted by molar-refractivity contribution is -0.384. The lowest BCUT2D eigenvalue weighted by Crippen LogP contribution is -1.92. The SMILES string of the molecule is [N-]=[N+]=NCCc1ccc([N+](=O)[O-])c(Cl)c1. The molecule has 0 amide bonds. The van der Waals surface area contributed by atoms with Gasteiger partial charge in [0.1, 0.15) is 5.02 Å². The summed E-state index contributed by atoms with van der Waals surface area (Å²) in [4.78, 5) is 12.5. The predicted molar refractivity (Wildman–Crippen MR) is 55.8 cm³/mol. The molecule has 0 fully saturated rings. The zero-order valence-electron chi connectivity index (χ0n) is 7.63. The molecule has 0 aliphatic heterocycles. The minimum Gasteiger partial charge on any atom is -0.258 e. The number of halogens is 1. The maximum absolute atomic E-state index is 10.4. The van der Waals surface area contributed by atoms with Crippen LogP contribution >= 0.6 is 11.6 Å². The van der Waals surface area contributed by atoms with Crippen LogP contribution in [-0.4, -0.2) is 11.5 Å². The molecule has 0 saturated heterocycles. The third-order valence-corrected chi connectivity index (χ3v) is 2.08. The molecule has 15 heavy (non-hydrogen) atoms. The van der Waals surface area contributed by atoms with E-state index < -0.39 is 4.92 Å². The molecule has 0 spiro atoms. The summed E-state index contributed by atoms with van der Waals surface area (Å²) in [6.45, 7) is 0.310. The smallest absolute Gasteiger partial charge is 0.258 e. The Bertz CT molecular complexity index is 429. The quantitative estimate of drug-likeness (QED) is 0.259. The summed E-state index contributed by atoms with van der Waals surface area (Å²) in [7, 11) is 0. The fourth-order valence-electron chi connectivity index (χ4n) is 1.08. The van der Waals surface area contributed by atoms with Gasteiger partial charge in [0.15, 0.2) is 0 Å². The van der Waals surface area contributed by atoms with Crippen LogP contribution in [0.5, 0.6) is 0 Å². The summed E-state index contributed by atoms with van der Waals surface area (Å²) in [6.07, 6.45) is 0.516. The molecule has 0 heterocycles. The third kappa shape index (κ3) is 3.12. The molecule has 1 aromatic carbocycles. The van der Waals surface area contributed by atoms with E-state index in [0.29, 0.717) is 13.0 Å².